The van der Waals surface area contributed by atoms with Gasteiger partial charge in [0.25, 0.3) is 5.91 Å². The first-order chi connectivity index (χ1) is 8.74. The van der Waals surface area contributed by atoms with Gasteiger partial charge in [-0.05, 0) is 43.2 Å². The monoisotopic (exact) mass is 329 g/mol. The molecule has 0 saturated heterocycles. The van der Waals surface area contributed by atoms with Gasteiger partial charge >= 0.3 is 0 Å². The molecular formula is C14H20BrNOS. The van der Waals surface area contributed by atoms with Gasteiger partial charge in [-0.25, -0.2) is 0 Å². The summed E-state index contributed by atoms with van der Waals surface area (Å²) in [7, 11) is 0. The fourth-order valence-electron chi connectivity index (χ4n) is 2.37. The van der Waals surface area contributed by atoms with E-state index in [9.17, 15) is 4.79 Å². The Hall–Kier alpha value is -0.350. The van der Waals surface area contributed by atoms with Crippen molar-refractivity contribution in [3.8, 4) is 0 Å². The molecule has 1 aromatic heterocycles. The maximum atomic E-state index is 12.1. The molecule has 1 amide bonds. The molecule has 0 saturated carbocycles. The summed E-state index contributed by atoms with van der Waals surface area (Å²) in [6, 6.07) is 2.09. The van der Waals surface area contributed by atoms with Crippen LogP contribution < -0.4 is 5.32 Å². The van der Waals surface area contributed by atoms with Gasteiger partial charge < -0.3 is 5.32 Å². The van der Waals surface area contributed by atoms with Gasteiger partial charge in [-0.15, -0.1) is 11.3 Å². The number of hydrogen-bond acceptors (Lipinski definition) is 2. The van der Waals surface area contributed by atoms with Crippen LogP contribution in [0.3, 0.4) is 0 Å². The summed E-state index contributed by atoms with van der Waals surface area (Å²) in [5, 5.41) is 4.08. The van der Waals surface area contributed by atoms with Crippen molar-refractivity contribution in [3.05, 3.63) is 21.4 Å². The van der Waals surface area contributed by atoms with E-state index in [-0.39, 0.29) is 5.91 Å². The zero-order valence-corrected chi connectivity index (χ0v) is 13.2. The average molecular weight is 330 g/mol. The van der Waals surface area contributed by atoms with Gasteiger partial charge in [0, 0.05) is 16.8 Å². The Bertz CT molecular complexity index is 394. The Kier molecular flexibility index (Phi) is 5.25. The van der Waals surface area contributed by atoms with Crippen molar-refractivity contribution in [2.45, 2.75) is 39.0 Å². The highest BCUT2D eigenvalue weighted by molar-refractivity contribution is 9.09. The molecule has 0 bridgehead atoms. The predicted molar refractivity (Wildman–Crippen MR) is 80.9 cm³/mol. The van der Waals surface area contributed by atoms with E-state index in [2.05, 4.69) is 34.2 Å². The second-order valence-electron chi connectivity index (χ2n) is 4.87. The molecule has 1 heterocycles. The molecule has 1 unspecified atom stereocenters. The van der Waals surface area contributed by atoms with Crippen LogP contribution in [0.5, 0.6) is 0 Å². The first-order valence-corrected chi connectivity index (χ1v) is 8.64. The number of carbonyl (C=O) groups is 1. The molecular weight excluding hydrogens is 310 g/mol. The Morgan fingerprint density at radius 2 is 2.39 bits per heavy atom. The number of nitrogens with one attached hydrogen (secondary N) is 1. The smallest absolute Gasteiger partial charge is 0.261 e. The first kappa shape index (κ1) is 14.1. The average Bonchev–Trinajstić information content (AvgIpc) is 2.94. The van der Waals surface area contributed by atoms with E-state index >= 15 is 0 Å². The molecule has 1 N–H and O–H groups in total. The number of fused-ring (bicyclic) bond motifs is 1. The van der Waals surface area contributed by atoms with Gasteiger partial charge in [0.15, 0.2) is 0 Å². The van der Waals surface area contributed by atoms with Crippen molar-refractivity contribution in [2.75, 3.05) is 11.9 Å². The summed E-state index contributed by atoms with van der Waals surface area (Å²) < 4.78 is 0. The summed E-state index contributed by atoms with van der Waals surface area (Å²) in [5.41, 5.74) is 1.40. The lowest BCUT2D eigenvalue weighted by Crippen LogP contribution is -2.28. The summed E-state index contributed by atoms with van der Waals surface area (Å²) in [5.74, 6) is 0.697. The fraction of sp³-hybridized carbons (Fsp3) is 0.643. The third-order valence-electron chi connectivity index (χ3n) is 3.62. The van der Waals surface area contributed by atoms with E-state index in [1.807, 2.05) is 0 Å². The zero-order valence-electron chi connectivity index (χ0n) is 10.8. The Morgan fingerprint density at radius 3 is 3.06 bits per heavy atom. The second kappa shape index (κ2) is 6.71. The van der Waals surface area contributed by atoms with Gasteiger partial charge in [-0.1, -0.05) is 29.3 Å². The SMILES string of the molecule is CCC(CCBr)CNC(=O)c1cc2c(s1)CCC2. The van der Waals surface area contributed by atoms with Crippen molar-refractivity contribution < 1.29 is 4.79 Å². The van der Waals surface area contributed by atoms with Gasteiger partial charge in [0.2, 0.25) is 0 Å². The minimum absolute atomic E-state index is 0.113. The normalized spacial score (nSPS) is 15.4. The fourth-order valence-corrected chi connectivity index (χ4v) is 4.19. The van der Waals surface area contributed by atoms with Gasteiger partial charge in [0.05, 0.1) is 4.88 Å². The molecule has 2 nitrogen and oxygen atoms in total. The highest BCUT2D eigenvalue weighted by Crippen LogP contribution is 2.30. The van der Waals surface area contributed by atoms with Gasteiger partial charge in [0.1, 0.15) is 0 Å². The van der Waals surface area contributed by atoms with Gasteiger partial charge in [-0.3, -0.25) is 4.79 Å². The maximum absolute atomic E-state index is 12.1. The number of amides is 1. The molecule has 1 aliphatic carbocycles. The van der Waals surface area contributed by atoms with Crippen LogP contribution in [0.15, 0.2) is 6.07 Å². The van der Waals surface area contributed by atoms with E-state index in [1.165, 1.54) is 16.9 Å². The summed E-state index contributed by atoms with van der Waals surface area (Å²) >= 11 is 5.14. The third-order valence-corrected chi connectivity index (χ3v) is 5.31. The lowest BCUT2D eigenvalue weighted by Gasteiger charge is -2.13. The molecule has 100 valence electrons. The Labute approximate surface area is 121 Å². The standard InChI is InChI=1S/C14H20BrNOS/c1-2-10(6-7-15)9-16-14(17)13-8-11-4-3-5-12(11)18-13/h8,10H,2-7,9H2,1H3,(H,16,17). The molecule has 18 heavy (non-hydrogen) atoms. The lowest BCUT2D eigenvalue weighted by molar-refractivity contribution is 0.0950. The zero-order chi connectivity index (χ0) is 13.0. The maximum Gasteiger partial charge on any atom is 0.261 e. The van der Waals surface area contributed by atoms with Crippen molar-refractivity contribution >= 4 is 33.2 Å². The van der Waals surface area contributed by atoms with E-state index in [0.717, 1.165) is 42.4 Å². The van der Waals surface area contributed by atoms with Crippen LogP contribution in [0.1, 0.15) is 46.3 Å². The molecule has 0 spiro atoms. The van der Waals surface area contributed by atoms with Crippen LogP contribution in [0.25, 0.3) is 0 Å². The van der Waals surface area contributed by atoms with Crippen LogP contribution >= 0.6 is 27.3 Å². The molecule has 2 rings (SSSR count). The number of hydrogen-bond donors (Lipinski definition) is 1. The highest BCUT2D eigenvalue weighted by atomic mass is 79.9. The lowest BCUT2D eigenvalue weighted by atomic mass is 10.0. The molecule has 0 radical (unpaired) electrons. The third kappa shape index (κ3) is 3.35. The van der Waals surface area contributed by atoms with Gasteiger partial charge in [-0.2, -0.15) is 0 Å². The highest BCUT2D eigenvalue weighted by Gasteiger charge is 2.18. The molecule has 1 aliphatic rings. The van der Waals surface area contributed by atoms with E-state index < -0.39 is 0 Å². The van der Waals surface area contributed by atoms with E-state index in [4.69, 9.17) is 0 Å². The van der Waals surface area contributed by atoms with Crippen LogP contribution in [0, 0.1) is 5.92 Å². The minimum atomic E-state index is 0.113. The quantitative estimate of drug-likeness (QED) is 0.790. The number of rotatable bonds is 6. The Morgan fingerprint density at radius 1 is 1.56 bits per heavy atom. The minimum Gasteiger partial charge on any atom is -0.351 e. The molecule has 0 aliphatic heterocycles. The number of carbonyl (C=O) groups excluding carboxylic acids is 1. The van der Waals surface area contributed by atoms with Crippen molar-refractivity contribution in [2.24, 2.45) is 5.92 Å². The van der Waals surface area contributed by atoms with Crippen LogP contribution in [0.2, 0.25) is 0 Å². The number of halogens is 1. The topological polar surface area (TPSA) is 29.1 Å². The number of alkyl halides is 1. The largest absolute Gasteiger partial charge is 0.351 e. The van der Waals surface area contributed by atoms with Crippen LogP contribution in [0.4, 0.5) is 0 Å². The van der Waals surface area contributed by atoms with E-state index in [1.54, 1.807) is 11.3 Å². The van der Waals surface area contributed by atoms with E-state index in [0.29, 0.717) is 5.92 Å². The second-order valence-corrected chi connectivity index (χ2v) is 6.80. The predicted octanol–water partition coefficient (Wildman–Crippen LogP) is 3.78. The molecule has 0 fully saturated rings. The van der Waals surface area contributed by atoms with Crippen molar-refractivity contribution in [1.29, 1.82) is 0 Å². The number of aryl methyl sites for hydroxylation is 2. The summed E-state index contributed by atoms with van der Waals surface area (Å²) in [4.78, 5) is 14.4. The molecule has 4 heteroatoms. The molecule has 1 atom stereocenters. The summed E-state index contributed by atoms with van der Waals surface area (Å²) in [6.45, 7) is 2.97. The summed E-state index contributed by atoms with van der Waals surface area (Å²) in [6.07, 6.45) is 5.81. The molecule has 1 aromatic rings. The van der Waals surface area contributed by atoms with Crippen molar-refractivity contribution in [3.63, 3.8) is 0 Å². The first-order valence-electron chi connectivity index (χ1n) is 6.70. The van der Waals surface area contributed by atoms with Crippen molar-refractivity contribution in [1.82, 2.24) is 5.32 Å². The molecule has 0 aromatic carbocycles. The van der Waals surface area contributed by atoms with Crippen LogP contribution in [-0.4, -0.2) is 17.8 Å². The van der Waals surface area contributed by atoms with Crippen LogP contribution in [-0.2, 0) is 12.8 Å². The Balaban J connectivity index is 1.87. The number of thiophene rings is 1.